The number of methoxy groups -OCH3 is 1. The average Bonchev–Trinajstić information content (AvgIpc) is 3.55. The van der Waals surface area contributed by atoms with Crippen LogP contribution < -0.4 is 41.1 Å². The molecule has 1 saturated carbocycles. The fourth-order valence-electron chi connectivity index (χ4n) is 11.6. The topological polar surface area (TPSA) is 252 Å². The summed E-state index contributed by atoms with van der Waals surface area (Å²) < 4.78 is 80.4. The van der Waals surface area contributed by atoms with Gasteiger partial charge in [0.05, 0.1) is 45.3 Å². The van der Waals surface area contributed by atoms with Crippen molar-refractivity contribution in [3.63, 3.8) is 0 Å². The number of anilines is 5. The summed E-state index contributed by atoms with van der Waals surface area (Å²) in [7, 11) is -1.44. The number of carbonyl (C=O) groups excluding carboxylic acids is 3. The number of ether oxygens (including phenoxy) is 2. The van der Waals surface area contributed by atoms with Crippen LogP contribution in [0.25, 0.3) is 38.6 Å². The van der Waals surface area contributed by atoms with Gasteiger partial charge in [-0.25, -0.2) is 41.2 Å². The molecule has 2 aromatic carbocycles. The molecule has 82 heavy (non-hydrogen) atoms. The minimum absolute atomic E-state index is 0.0167. The van der Waals surface area contributed by atoms with Gasteiger partial charge in [-0.05, 0) is 75.3 Å². The number of fused-ring (bicyclic) bond motifs is 6. The van der Waals surface area contributed by atoms with Crippen LogP contribution in [-0.2, 0) is 19.4 Å². The second-order valence-electron chi connectivity index (χ2n) is 21.5. The third kappa shape index (κ3) is 10.1. The van der Waals surface area contributed by atoms with Gasteiger partial charge in [-0.2, -0.15) is 9.97 Å². The Morgan fingerprint density at radius 3 is 2.44 bits per heavy atom. The van der Waals surface area contributed by atoms with Crippen molar-refractivity contribution in [1.82, 2.24) is 44.9 Å². The Bertz CT molecular complexity index is 3960. The Morgan fingerprint density at radius 1 is 0.951 bits per heavy atom. The lowest BCUT2D eigenvalue weighted by Crippen LogP contribution is -2.55. The lowest BCUT2D eigenvalue weighted by molar-refractivity contribution is -0.120. The Balaban J connectivity index is 0.771. The summed E-state index contributed by atoms with van der Waals surface area (Å²) in [5.41, 5.74) is 0.138. The van der Waals surface area contributed by atoms with E-state index in [4.69, 9.17) is 18.9 Å². The number of piperidine rings is 1. The normalized spacial score (nSPS) is 18.2. The van der Waals surface area contributed by atoms with Gasteiger partial charge in [0.2, 0.25) is 21.7 Å². The quantitative estimate of drug-likeness (QED) is 0.100. The monoisotopic (exact) mass is 1140 g/mol. The summed E-state index contributed by atoms with van der Waals surface area (Å²) in [4.78, 5) is 83.6. The predicted molar refractivity (Wildman–Crippen MR) is 305 cm³/mol. The molecule has 11 rings (SSSR count). The number of nitrogens with one attached hydrogen (secondary N) is 3. The number of likely N-dealkylation sites (N-methyl/N-ethyl adjacent to an activating group) is 1. The minimum atomic E-state index is -4.67. The van der Waals surface area contributed by atoms with Gasteiger partial charge < -0.3 is 49.4 Å². The number of benzene rings is 2. The van der Waals surface area contributed by atoms with Crippen LogP contribution in [0.3, 0.4) is 0 Å². The molecule has 3 N–H and O–H groups in total. The van der Waals surface area contributed by atoms with E-state index in [2.05, 4.69) is 47.4 Å². The summed E-state index contributed by atoms with van der Waals surface area (Å²) in [5, 5.41) is 9.23. The van der Waals surface area contributed by atoms with Crippen molar-refractivity contribution in [2.24, 2.45) is 0 Å². The van der Waals surface area contributed by atoms with Crippen LogP contribution in [0.5, 0.6) is 5.75 Å². The Hall–Kier alpha value is -8.32. The Morgan fingerprint density at radius 2 is 1.72 bits per heavy atom. The molecule has 2 saturated heterocycles. The maximum atomic E-state index is 16.8. The number of halogens is 2. The third-order valence-electron chi connectivity index (χ3n) is 16.0. The highest BCUT2D eigenvalue weighted by atomic mass is 32.2. The van der Waals surface area contributed by atoms with E-state index in [0.29, 0.717) is 85.1 Å². The number of amides is 3. The van der Waals surface area contributed by atoms with E-state index >= 15 is 8.78 Å². The third-order valence-corrected chi connectivity index (χ3v) is 17.7. The first-order valence-corrected chi connectivity index (χ1v) is 29.0. The number of carbonyl (C=O) groups is 3. The first-order chi connectivity index (χ1) is 39.4. The van der Waals surface area contributed by atoms with Crippen molar-refractivity contribution in [3.8, 4) is 5.75 Å². The first-order valence-electron chi connectivity index (χ1n) is 27.5. The van der Waals surface area contributed by atoms with E-state index in [1.807, 2.05) is 32.6 Å². The minimum Gasteiger partial charge on any atom is -0.495 e. The summed E-state index contributed by atoms with van der Waals surface area (Å²) >= 11 is 0. The molecule has 0 unspecified atom stereocenters. The second kappa shape index (κ2) is 22.2. The number of aromatic nitrogens is 6. The molecule has 25 heteroatoms. The van der Waals surface area contributed by atoms with E-state index in [0.717, 1.165) is 37.8 Å². The van der Waals surface area contributed by atoms with Crippen molar-refractivity contribution >= 4 is 95.3 Å². The number of pyridine rings is 2. The molecule has 4 aliphatic rings. The molecule has 22 nitrogen and oxygen atoms in total. The molecule has 430 valence electrons. The molecule has 8 heterocycles. The molecule has 1 aliphatic carbocycles. The highest BCUT2D eigenvalue weighted by Gasteiger charge is 2.41. The molecule has 0 radical (unpaired) electrons. The van der Waals surface area contributed by atoms with Gasteiger partial charge in [-0.3, -0.25) is 14.6 Å². The summed E-state index contributed by atoms with van der Waals surface area (Å²) in [6, 6.07) is 8.63. The summed E-state index contributed by atoms with van der Waals surface area (Å²) in [5.74, 6) is -1.30. The molecule has 7 aromatic rings. The van der Waals surface area contributed by atoms with Crippen LogP contribution in [0.15, 0.2) is 80.4 Å². The van der Waals surface area contributed by atoms with Crippen molar-refractivity contribution < 1.29 is 45.5 Å². The predicted octanol–water partition coefficient (Wildman–Crippen LogP) is 7.66. The second-order valence-corrected chi connectivity index (χ2v) is 23.6. The zero-order chi connectivity index (χ0) is 57.9. The van der Waals surface area contributed by atoms with E-state index in [1.54, 1.807) is 36.3 Å². The van der Waals surface area contributed by atoms with Crippen molar-refractivity contribution in [2.75, 3.05) is 73.5 Å². The van der Waals surface area contributed by atoms with E-state index in [-0.39, 0.29) is 82.9 Å². The van der Waals surface area contributed by atoms with E-state index < -0.39 is 66.1 Å². The smallest absolute Gasteiger partial charge is 0.410 e. The van der Waals surface area contributed by atoms with Gasteiger partial charge in [0.15, 0.2) is 22.9 Å². The van der Waals surface area contributed by atoms with Crippen LogP contribution in [0, 0.1) is 11.6 Å². The van der Waals surface area contributed by atoms with Crippen molar-refractivity contribution in [1.29, 1.82) is 0 Å². The molecular weight excluding hydrogens is 1080 g/mol. The fourth-order valence-corrected chi connectivity index (χ4v) is 12.7. The molecule has 0 spiro atoms. The van der Waals surface area contributed by atoms with Crippen molar-refractivity contribution in [3.05, 3.63) is 99.7 Å². The van der Waals surface area contributed by atoms with Gasteiger partial charge in [0, 0.05) is 81.8 Å². The highest BCUT2D eigenvalue weighted by molar-refractivity contribution is 7.95. The SMILES string of the molecule is C=C(COC(=O)N1CCC(NC(=O)c2ccc(Nc3ncc4c(n3)N(C3CCCC3)[C@H](CC)C(=O)N4C)c(OC)c2)CC1)S(=O)(=O)c1cc(F)c2c(c1)oc1ccnc(C(C)C)c1n1c(=O)nc(N3CCNC[C@@H]3C)c3cc(F)c2nc31. The zero-order valence-electron chi connectivity index (χ0n) is 46.3. The Labute approximate surface area is 470 Å². The molecule has 2 bridgehead atoms. The number of hydrogen-bond acceptors (Lipinski definition) is 18. The molecule has 3 amide bonds. The van der Waals surface area contributed by atoms with Crippen LogP contribution >= 0.6 is 0 Å². The zero-order valence-corrected chi connectivity index (χ0v) is 47.1. The number of sulfone groups is 1. The van der Waals surface area contributed by atoms with Gasteiger partial charge in [0.1, 0.15) is 52.3 Å². The number of likely N-dealkylation sites (tertiary alicyclic amines) is 1. The lowest BCUT2D eigenvalue weighted by atomic mass is 10.0. The average molecular weight is 1140 g/mol. The van der Waals surface area contributed by atoms with Crippen LogP contribution in [-0.4, -0.2) is 138 Å². The molecule has 5 aromatic heterocycles. The number of rotatable bonds is 13. The first kappa shape index (κ1) is 55.6. The largest absolute Gasteiger partial charge is 0.495 e. The summed E-state index contributed by atoms with van der Waals surface area (Å²) in [6.07, 6.45) is 7.73. The number of nitrogens with zero attached hydrogens (tertiary/aromatic N) is 10. The molecular formula is C57H63F2N13O9S. The highest BCUT2D eigenvalue weighted by Crippen LogP contribution is 2.41. The maximum absolute atomic E-state index is 16.8. The van der Waals surface area contributed by atoms with Crippen LogP contribution in [0.1, 0.15) is 94.6 Å². The molecule has 3 aliphatic heterocycles. The Kier molecular flexibility index (Phi) is 15.1. The summed E-state index contributed by atoms with van der Waals surface area (Å²) in [6.45, 7) is 12.5. The van der Waals surface area contributed by atoms with Gasteiger partial charge in [-0.15, -0.1) is 0 Å². The van der Waals surface area contributed by atoms with E-state index in [1.165, 1.54) is 28.7 Å². The standard InChI is InChI=1S/C57H63F2N13O9S/c1-8-41-54(74)68(6)42-28-62-55(66-52(42)71(41)35-11-9-10-12-35)64-40-14-13-33(23-44(40)79-7)53(73)63-34-16-20-69(21-17-34)57(76)80-29-32(5)82(77,78)36-24-38(58)46-45(25-36)81-43-15-18-61-47(30(2)3)49(43)72-51-37(26-39(59)48(46)65-51)50(67-56(72)75)70-22-19-60-27-31(70)4/h13-15,18,23-26,28,30-31,34-35,41,60H,5,8-12,16-17,19-22,27,29H2,1-4,6-7H3,(H,63,73)(H,62,64,66)/t31-,41+/m0/s1. The maximum Gasteiger partial charge on any atom is 0.410 e. The van der Waals surface area contributed by atoms with Gasteiger partial charge in [-0.1, -0.05) is 40.2 Å². The number of hydrogen-bond donors (Lipinski definition) is 3. The van der Waals surface area contributed by atoms with Crippen LogP contribution in [0.4, 0.5) is 42.5 Å². The van der Waals surface area contributed by atoms with E-state index in [9.17, 15) is 27.6 Å². The number of piperazine rings is 1. The van der Waals surface area contributed by atoms with Crippen molar-refractivity contribution in [2.45, 2.75) is 108 Å². The molecule has 2 atom stereocenters. The van der Waals surface area contributed by atoms with Crippen LogP contribution in [0.2, 0.25) is 0 Å². The molecule has 3 fully saturated rings. The lowest BCUT2D eigenvalue weighted by Gasteiger charge is -2.43. The van der Waals surface area contributed by atoms with Gasteiger partial charge >= 0.3 is 11.8 Å². The van der Waals surface area contributed by atoms with Gasteiger partial charge in [0.25, 0.3) is 5.91 Å². The fraction of sp³-hybridized carbons (Fsp3) is 0.421.